The van der Waals surface area contributed by atoms with Crippen molar-refractivity contribution in [1.29, 1.82) is 0 Å². The van der Waals surface area contributed by atoms with Crippen molar-refractivity contribution in [3.63, 3.8) is 0 Å². The van der Waals surface area contributed by atoms with Gasteiger partial charge in [0.1, 0.15) is 0 Å². The average Bonchev–Trinajstić information content (AvgIpc) is 4.14. The summed E-state index contributed by atoms with van der Waals surface area (Å²) in [6.07, 6.45) is 0. The van der Waals surface area contributed by atoms with E-state index in [9.17, 15) is 0 Å². The Labute approximate surface area is 495 Å². The number of hydrogen-bond acceptors (Lipinski definition) is 2. The fourth-order valence-corrected chi connectivity index (χ4v) is 12.1. The number of hydrogen-bond donors (Lipinski definition) is 0. The van der Waals surface area contributed by atoms with Crippen LogP contribution in [0.2, 0.25) is 0 Å². The topological polar surface area (TPSA) is 30.7 Å². The minimum absolute atomic E-state index is 0.657. The molecule has 0 unspecified atom stereocenters. The second kappa shape index (κ2) is 22.2. The molecule has 0 aliphatic rings. The van der Waals surface area contributed by atoms with Gasteiger partial charge >= 0.3 is 0 Å². The normalized spacial score (nSPS) is 11.3. The molecule has 0 N–H and O–H groups in total. The van der Waals surface area contributed by atoms with E-state index < -0.39 is 0 Å². The molecule has 0 radical (unpaired) electrons. The van der Waals surface area contributed by atoms with Gasteiger partial charge in [-0.25, -0.2) is 9.97 Å². The second-order valence-corrected chi connectivity index (χ2v) is 21.8. The van der Waals surface area contributed by atoms with E-state index >= 15 is 0 Å². The molecule has 3 nitrogen and oxygen atoms in total. The van der Waals surface area contributed by atoms with Crippen LogP contribution in [0.25, 0.3) is 150 Å². The van der Waals surface area contributed by atoms with Gasteiger partial charge in [-0.1, -0.05) is 261 Å². The fraction of sp³-hybridized carbons (Fsp3) is 0. The summed E-state index contributed by atoms with van der Waals surface area (Å²) >= 11 is 0. The highest BCUT2D eigenvalue weighted by molar-refractivity contribution is 6.09. The van der Waals surface area contributed by atoms with Crippen molar-refractivity contribution in [3.05, 3.63) is 334 Å². The minimum Gasteiger partial charge on any atom is -0.309 e. The molecule has 13 aromatic carbocycles. The summed E-state index contributed by atoms with van der Waals surface area (Å²) in [5.41, 5.74) is 26.7. The molecule has 0 atom stereocenters. The lowest BCUT2D eigenvalue weighted by molar-refractivity contribution is 1.18. The molecule has 0 saturated carbocycles. The van der Waals surface area contributed by atoms with E-state index in [2.05, 4.69) is 338 Å². The molecule has 0 bridgehead atoms. The minimum atomic E-state index is 0.657. The maximum atomic E-state index is 5.44. The Balaban J connectivity index is 0.770. The average molecular weight is 1080 g/mol. The van der Waals surface area contributed by atoms with Crippen molar-refractivity contribution in [2.75, 3.05) is 0 Å². The predicted octanol–water partition coefficient (Wildman–Crippen LogP) is 21.9. The van der Waals surface area contributed by atoms with E-state index in [0.717, 1.165) is 78.3 Å². The Morgan fingerprint density at radius 1 is 0.176 bits per heavy atom. The van der Waals surface area contributed by atoms with Gasteiger partial charge in [-0.15, -0.1) is 0 Å². The zero-order valence-electron chi connectivity index (χ0n) is 46.6. The molecule has 0 spiro atoms. The Morgan fingerprint density at radius 2 is 0.435 bits per heavy atom. The molecule has 0 aliphatic heterocycles. The SMILES string of the molecule is c1ccc(-c2cccc(-c3cccc(-c4ccc(-c5cccc(-c6cccc(-c7cc(-c8cccc(-c9cccc(-c%10ccccc%10)c9)c8)nc(-c8cccc(-c9cccc(-n%10c%11ccccc%11c%11ccccc%11%10)c9)c8)n7)c6)c5)cc4)c3)c2)cc1. The quantitative estimate of drug-likeness (QED) is 0.122. The fourth-order valence-electron chi connectivity index (χ4n) is 12.1. The van der Waals surface area contributed by atoms with Gasteiger partial charge in [0.05, 0.1) is 22.4 Å². The number of para-hydroxylation sites is 2. The first-order chi connectivity index (χ1) is 42.1. The van der Waals surface area contributed by atoms with Gasteiger partial charge < -0.3 is 4.57 Å². The lowest BCUT2D eigenvalue weighted by atomic mass is 9.94. The summed E-state index contributed by atoms with van der Waals surface area (Å²) in [5.74, 6) is 0.657. The summed E-state index contributed by atoms with van der Waals surface area (Å²) in [6, 6.07) is 120. The molecule has 3 heteroatoms. The molecule has 15 rings (SSSR count). The Bertz CT molecular complexity index is 4890. The van der Waals surface area contributed by atoms with Crippen LogP contribution in [0.1, 0.15) is 0 Å². The molecule has 2 aromatic heterocycles. The van der Waals surface area contributed by atoms with Gasteiger partial charge in [-0.05, 0) is 162 Å². The van der Waals surface area contributed by atoms with Crippen molar-refractivity contribution in [2.45, 2.75) is 0 Å². The van der Waals surface area contributed by atoms with E-state index in [0.29, 0.717) is 5.82 Å². The van der Waals surface area contributed by atoms with Crippen molar-refractivity contribution in [1.82, 2.24) is 14.5 Å². The number of nitrogens with zero attached hydrogens (tertiary/aromatic N) is 3. The molecule has 85 heavy (non-hydrogen) atoms. The second-order valence-electron chi connectivity index (χ2n) is 21.8. The molecule has 2 heterocycles. The highest BCUT2D eigenvalue weighted by Crippen LogP contribution is 2.38. The van der Waals surface area contributed by atoms with Crippen molar-refractivity contribution in [2.24, 2.45) is 0 Å². The number of rotatable bonds is 12. The van der Waals surface area contributed by atoms with Gasteiger partial charge in [-0.2, -0.15) is 0 Å². The van der Waals surface area contributed by atoms with E-state index in [1.807, 2.05) is 0 Å². The summed E-state index contributed by atoms with van der Waals surface area (Å²) in [5, 5.41) is 2.48. The smallest absolute Gasteiger partial charge is 0.160 e. The predicted molar refractivity (Wildman–Crippen MR) is 356 cm³/mol. The molecular formula is C82H55N3. The van der Waals surface area contributed by atoms with Crippen LogP contribution in [-0.2, 0) is 0 Å². The van der Waals surface area contributed by atoms with Gasteiger partial charge in [0.25, 0.3) is 0 Å². The lowest BCUT2D eigenvalue weighted by Gasteiger charge is -2.13. The Hall–Kier alpha value is -11.3. The van der Waals surface area contributed by atoms with Gasteiger partial charge in [0.15, 0.2) is 5.82 Å². The third kappa shape index (κ3) is 10.2. The third-order valence-electron chi connectivity index (χ3n) is 16.4. The van der Waals surface area contributed by atoms with Crippen LogP contribution in [0.5, 0.6) is 0 Å². The van der Waals surface area contributed by atoms with Crippen LogP contribution in [0.15, 0.2) is 334 Å². The Morgan fingerprint density at radius 3 is 0.824 bits per heavy atom. The molecule has 0 amide bonds. The molecule has 398 valence electrons. The van der Waals surface area contributed by atoms with Crippen LogP contribution < -0.4 is 0 Å². The summed E-state index contributed by atoms with van der Waals surface area (Å²) in [4.78, 5) is 10.9. The zero-order valence-corrected chi connectivity index (χ0v) is 46.6. The van der Waals surface area contributed by atoms with Crippen LogP contribution in [-0.4, -0.2) is 14.5 Å². The summed E-state index contributed by atoms with van der Waals surface area (Å²) in [7, 11) is 0. The summed E-state index contributed by atoms with van der Waals surface area (Å²) < 4.78 is 2.37. The Kier molecular flexibility index (Phi) is 13.3. The first-order valence-electron chi connectivity index (χ1n) is 29.0. The van der Waals surface area contributed by atoms with E-state index in [4.69, 9.17) is 9.97 Å². The van der Waals surface area contributed by atoms with Gasteiger partial charge in [-0.3, -0.25) is 0 Å². The number of aromatic nitrogens is 3. The maximum Gasteiger partial charge on any atom is 0.160 e. The molecule has 0 aliphatic carbocycles. The maximum absolute atomic E-state index is 5.44. The van der Waals surface area contributed by atoms with Gasteiger partial charge in [0, 0.05) is 33.2 Å². The molecule has 15 aromatic rings. The van der Waals surface area contributed by atoms with Crippen LogP contribution in [0.4, 0.5) is 0 Å². The number of fused-ring (bicyclic) bond motifs is 3. The monoisotopic (exact) mass is 1080 g/mol. The highest BCUT2D eigenvalue weighted by Gasteiger charge is 2.17. The molecular weight excluding hydrogens is 1030 g/mol. The largest absolute Gasteiger partial charge is 0.309 e. The van der Waals surface area contributed by atoms with Crippen LogP contribution in [0, 0.1) is 0 Å². The van der Waals surface area contributed by atoms with Crippen LogP contribution >= 0.6 is 0 Å². The summed E-state index contributed by atoms with van der Waals surface area (Å²) in [6.45, 7) is 0. The van der Waals surface area contributed by atoms with Crippen molar-refractivity contribution >= 4 is 21.8 Å². The van der Waals surface area contributed by atoms with Crippen molar-refractivity contribution in [3.8, 4) is 129 Å². The third-order valence-corrected chi connectivity index (χ3v) is 16.4. The highest BCUT2D eigenvalue weighted by atomic mass is 15.0. The molecule has 0 saturated heterocycles. The standard InChI is InChI=1S/C82H55N3/c1-3-19-56(20-4-1)60-23-11-27-64(47-60)65-28-13-25-62(49-65)58-43-45-59(46-44-58)63-26-14-30-67(50-63)69-32-16-36-73(52-69)79-55-78(72-35-15-31-68(51-72)66-29-12-24-61(48-66)57-21-5-2-6-22-57)83-82(84-79)74-37-17-33-70(53-74)71-34-18-38-75(54-71)85-80-41-9-7-39-76(80)77-40-8-10-42-81(77)85/h1-55H. The lowest BCUT2D eigenvalue weighted by Crippen LogP contribution is -1.97. The van der Waals surface area contributed by atoms with Crippen LogP contribution in [0.3, 0.4) is 0 Å². The van der Waals surface area contributed by atoms with E-state index in [1.165, 1.54) is 66.3 Å². The molecule has 0 fully saturated rings. The van der Waals surface area contributed by atoms with E-state index in [-0.39, 0.29) is 0 Å². The first-order valence-corrected chi connectivity index (χ1v) is 29.0. The van der Waals surface area contributed by atoms with Gasteiger partial charge in [0.2, 0.25) is 0 Å². The van der Waals surface area contributed by atoms with Crippen molar-refractivity contribution < 1.29 is 0 Å². The number of benzene rings is 13. The first kappa shape index (κ1) is 50.7. The van der Waals surface area contributed by atoms with E-state index in [1.54, 1.807) is 0 Å². The zero-order chi connectivity index (χ0) is 56.5.